The summed E-state index contributed by atoms with van der Waals surface area (Å²) in [6.45, 7) is 6.39. The first-order valence-electron chi connectivity index (χ1n) is 15.4. The molecule has 6 aliphatic rings. The predicted molar refractivity (Wildman–Crippen MR) is 154 cm³/mol. The highest BCUT2D eigenvalue weighted by atomic mass is 32.2. The van der Waals surface area contributed by atoms with Crippen molar-refractivity contribution in [3.63, 3.8) is 0 Å². The number of aliphatic carboxylic acids is 1. The number of β-lactam (4-membered cyclic amide) rings is 1. The zero-order valence-corrected chi connectivity index (χ0v) is 25.3. The molecule has 15 heteroatoms. The molecule has 0 aromatic carbocycles. The van der Waals surface area contributed by atoms with E-state index < -0.39 is 17.9 Å². The molecule has 43 heavy (non-hydrogen) atoms. The molecule has 1 spiro atoms. The maximum atomic E-state index is 13.8. The molecule has 4 N–H and O–H groups in total. The Morgan fingerprint density at radius 3 is 2.67 bits per heavy atom. The fourth-order valence-corrected chi connectivity index (χ4v) is 10.3. The van der Waals surface area contributed by atoms with Gasteiger partial charge in [0.2, 0.25) is 17.7 Å². The van der Waals surface area contributed by atoms with Crippen LogP contribution in [0.25, 0.3) is 0 Å². The third-order valence-corrected chi connectivity index (χ3v) is 12.2. The van der Waals surface area contributed by atoms with Crippen molar-refractivity contribution >= 4 is 35.5 Å². The number of aromatic nitrogens is 4. The van der Waals surface area contributed by atoms with Crippen molar-refractivity contribution in [1.29, 1.82) is 0 Å². The fraction of sp³-hybridized carbons (Fsp3) is 0.750. The normalized spacial score (nSPS) is 37.2. The van der Waals surface area contributed by atoms with Gasteiger partial charge in [-0.15, -0.1) is 16.9 Å². The maximum absolute atomic E-state index is 13.8. The van der Waals surface area contributed by atoms with Gasteiger partial charge in [-0.2, -0.15) is 0 Å². The molecule has 7 heterocycles. The van der Waals surface area contributed by atoms with Crippen LogP contribution < -0.4 is 16.0 Å². The summed E-state index contributed by atoms with van der Waals surface area (Å²) in [5.74, 6) is -2.31. The highest BCUT2D eigenvalue weighted by Gasteiger charge is 2.61. The Morgan fingerprint density at radius 2 is 2.02 bits per heavy atom. The Kier molecular flexibility index (Phi) is 7.24. The smallest absolute Gasteiger partial charge is 0.353 e. The molecule has 3 amide bonds. The average molecular weight is 614 g/mol. The van der Waals surface area contributed by atoms with Gasteiger partial charge in [-0.1, -0.05) is 6.92 Å². The number of rotatable bonds is 8. The van der Waals surface area contributed by atoms with E-state index in [-0.39, 0.29) is 53.2 Å². The molecule has 5 fully saturated rings. The summed E-state index contributed by atoms with van der Waals surface area (Å²) in [7, 11) is 0. The second-order valence-corrected chi connectivity index (χ2v) is 14.6. The average Bonchev–Trinajstić information content (AvgIpc) is 3.78. The standard InChI is InChI=1S/C28H39N9O5S/c1-14-22-21(15(2)32-20(38)11-35-13-31-33-34-35)26(40)37(22)23(27(41)42)24(14)43-18-7-19(30-10-18)25(39)36-16-3-4-17(36)9-28(8-16)5-6-29-12-28/h13-19,21-22,29-30H,3-12H2,1-2H3,(H,32,38)(H,41,42)/t14-,15?,16?,17?,18+,19+,21-,22-,28?/m1/s1. The van der Waals surface area contributed by atoms with Crippen LogP contribution in [0.3, 0.4) is 0 Å². The van der Waals surface area contributed by atoms with Crippen LogP contribution >= 0.6 is 11.8 Å². The zero-order chi connectivity index (χ0) is 30.0. The minimum atomic E-state index is -1.13. The fourth-order valence-electron chi connectivity index (χ4n) is 8.78. The maximum Gasteiger partial charge on any atom is 0.353 e. The molecule has 1 aromatic heterocycles. The quantitative estimate of drug-likeness (QED) is 0.280. The summed E-state index contributed by atoms with van der Waals surface area (Å²) in [6, 6.07) is -0.481. The van der Waals surface area contributed by atoms with Gasteiger partial charge >= 0.3 is 5.97 Å². The van der Waals surface area contributed by atoms with Crippen molar-refractivity contribution in [3.8, 4) is 0 Å². The molecule has 0 aliphatic carbocycles. The molecule has 8 atom stereocenters. The number of thioether (sulfide) groups is 1. The topological polar surface area (TPSA) is 175 Å². The van der Waals surface area contributed by atoms with Crippen LogP contribution in [0.1, 0.15) is 52.4 Å². The highest BCUT2D eigenvalue weighted by Crippen LogP contribution is 2.52. The largest absolute Gasteiger partial charge is 0.477 e. The van der Waals surface area contributed by atoms with E-state index in [2.05, 4.69) is 36.4 Å². The van der Waals surface area contributed by atoms with Crippen molar-refractivity contribution in [3.05, 3.63) is 16.9 Å². The lowest BCUT2D eigenvalue weighted by Crippen LogP contribution is -2.66. The van der Waals surface area contributed by atoms with E-state index in [1.165, 1.54) is 34.1 Å². The minimum absolute atomic E-state index is 0.0224. The Hall–Kier alpha value is -3.04. The number of hydrogen-bond acceptors (Lipinski definition) is 10. The van der Waals surface area contributed by atoms with Gasteiger partial charge < -0.3 is 30.9 Å². The number of carboxylic acids is 1. The summed E-state index contributed by atoms with van der Waals surface area (Å²) in [6.07, 6.45) is 7.50. The lowest BCUT2D eigenvalue weighted by molar-refractivity contribution is -0.158. The number of nitrogens with zero attached hydrogens (tertiary/aromatic N) is 6. The molecule has 232 valence electrons. The summed E-state index contributed by atoms with van der Waals surface area (Å²) in [4.78, 5) is 56.2. The van der Waals surface area contributed by atoms with Gasteiger partial charge in [0.05, 0.1) is 18.0 Å². The van der Waals surface area contributed by atoms with Gasteiger partial charge in [-0.05, 0) is 67.8 Å². The van der Waals surface area contributed by atoms with Gasteiger partial charge in [-0.25, -0.2) is 9.48 Å². The van der Waals surface area contributed by atoms with E-state index in [1.54, 1.807) is 6.92 Å². The summed E-state index contributed by atoms with van der Waals surface area (Å²) >= 11 is 1.49. The molecule has 14 nitrogen and oxygen atoms in total. The lowest BCUT2D eigenvalue weighted by atomic mass is 9.74. The number of piperidine rings is 1. The molecule has 0 saturated carbocycles. The van der Waals surface area contributed by atoms with Crippen LogP contribution in [0.4, 0.5) is 0 Å². The van der Waals surface area contributed by atoms with Crippen molar-refractivity contribution in [2.45, 2.75) is 94.4 Å². The summed E-state index contributed by atoms with van der Waals surface area (Å²) in [5.41, 5.74) is 0.386. The van der Waals surface area contributed by atoms with Crippen LogP contribution in [-0.4, -0.2) is 114 Å². The van der Waals surface area contributed by atoms with Crippen LogP contribution in [-0.2, 0) is 25.7 Å². The first kappa shape index (κ1) is 28.7. The number of tetrazole rings is 1. The van der Waals surface area contributed by atoms with Crippen molar-refractivity contribution in [2.24, 2.45) is 17.3 Å². The molecular weight excluding hydrogens is 574 g/mol. The number of hydrogen-bond donors (Lipinski definition) is 4. The molecule has 6 aliphatic heterocycles. The number of fused-ring (bicyclic) bond motifs is 3. The van der Waals surface area contributed by atoms with Crippen LogP contribution in [0.15, 0.2) is 16.9 Å². The molecule has 3 unspecified atom stereocenters. The van der Waals surface area contributed by atoms with Crippen LogP contribution in [0.5, 0.6) is 0 Å². The van der Waals surface area contributed by atoms with Gasteiger partial charge in [0.25, 0.3) is 0 Å². The van der Waals surface area contributed by atoms with Gasteiger partial charge in [0, 0.05) is 47.3 Å². The van der Waals surface area contributed by atoms with Crippen LogP contribution in [0.2, 0.25) is 0 Å². The highest BCUT2D eigenvalue weighted by molar-refractivity contribution is 8.03. The lowest BCUT2D eigenvalue weighted by Gasteiger charge is -2.47. The minimum Gasteiger partial charge on any atom is -0.477 e. The molecule has 1 aromatic rings. The third kappa shape index (κ3) is 4.83. The van der Waals surface area contributed by atoms with Crippen molar-refractivity contribution in [1.82, 2.24) is 46.0 Å². The van der Waals surface area contributed by atoms with E-state index >= 15 is 0 Å². The molecular formula is C28H39N9O5S. The van der Waals surface area contributed by atoms with Gasteiger partial charge in [-0.3, -0.25) is 14.4 Å². The van der Waals surface area contributed by atoms with Crippen LogP contribution in [0, 0.1) is 17.3 Å². The van der Waals surface area contributed by atoms with Crippen molar-refractivity contribution < 1.29 is 24.3 Å². The molecule has 2 bridgehead atoms. The summed E-state index contributed by atoms with van der Waals surface area (Å²) in [5, 5.41) is 30.7. The number of carbonyl (C=O) groups is 4. The monoisotopic (exact) mass is 613 g/mol. The molecule has 0 radical (unpaired) electrons. The number of carbonyl (C=O) groups excluding carboxylic acids is 3. The molecule has 7 rings (SSSR count). The number of amides is 3. The Bertz CT molecular complexity index is 1330. The second kappa shape index (κ2) is 10.8. The molecule has 5 saturated heterocycles. The van der Waals surface area contributed by atoms with E-state index in [0.717, 1.165) is 38.8 Å². The van der Waals surface area contributed by atoms with Gasteiger partial charge in [0.1, 0.15) is 18.6 Å². The van der Waals surface area contributed by atoms with E-state index in [0.29, 0.717) is 35.4 Å². The SMILES string of the molecule is CC(NC(=O)Cn1cnnn1)[C@H]1C(=O)N2C(C(=O)O)=C(S[C@@H]3CN[C@H](C(=O)N4C5CCC4CC4(CCNC4)C5)C3)[C@H](C)[C@H]12. The first-order valence-corrected chi connectivity index (χ1v) is 16.3. The summed E-state index contributed by atoms with van der Waals surface area (Å²) < 4.78 is 1.29. The Balaban J connectivity index is 0.991. The van der Waals surface area contributed by atoms with Crippen molar-refractivity contribution in [2.75, 3.05) is 19.6 Å². The number of carboxylic acid groups (broad SMARTS) is 1. The Labute approximate surface area is 253 Å². The Morgan fingerprint density at radius 1 is 1.26 bits per heavy atom. The second-order valence-electron chi connectivity index (χ2n) is 13.3. The van der Waals surface area contributed by atoms with E-state index in [9.17, 15) is 24.3 Å². The predicted octanol–water partition coefficient (Wildman–Crippen LogP) is -0.452. The zero-order valence-electron chi connectivity index (χ0n) is 24.4. The van der Waals surface area contributed by atoms with E-state index in [1.807, 2.05) is 6.92 Å². The first-order chi connectivity index (χ1) is 20.7. The van der Waals surface area contributed by atoms with E-state index in [4.69, 9.17) is 0 Å². The third-order valence-electron chi connectivity index (χ3n) is 10.6. The number of nitrogens with one attached hydrogen (secondary N) is 3. The van der Waals surface area contributed by atoms with Gasteiger partial charge in [0.15, 0.2) is 0 Å².